The normalized spacial score (nSPS) is 21.0. The molecular formula is C11H22O3. The van der Waals surface area contributed by atoms with E-state index in [-0.39, 0.29) is 0 Å². The fraction of sp³-hybridized carbons (Fsp3) is 1.00. The largest absolute Gasteiger partial charge is 0.388 e. The van der Waals surface area contributed by atoms with E-state index in [9.17, 15) is 5.11 Å². The standard InChI is InChI=1S/C11H22O3/c1-2-13-8-10(12)9-14-11-6-4-3-5-7-11/h10-12H,2-9H2,1H3. The first-order valence-electron chi connectivity index (χ1n) is 5.70. The summed E-state index contributed by atoms with van der Waals surface area (Å²) in [6, 6.07) is 0. The lowest BCUT2D eigenvalue weighted by atomic mass is 9.98. The summed E-state index contributed by atoms with van der Waals surface area (Å²) in [4.78, 5) is 0. The third-order valence-electron chi connectivity index (χ3n) is 2.59. The summed E-state index contributed by atoms with van der Waals surface area (Å²) < 4.78 is 10.7. The molecule has 0 saturated heterocycles. The number of hydrogen-bond acceptors (Lipinski definition) is 3. The Balaban J connectivity index is 2.00. The van der Waals surface area contributed by atoms with Crippen molar-refractivity contribution in [1.82, 2.24) is 0 Å². The summed E-state index contributed by atoms with van der Waals surface area (Å²) in [7, 11) is 0. The van der Waals surface area contributed by atoms with Crippen LogP contribution < -0.4 is 0 Å². The van der Waals surface area contributed by atoms with Crippen LogP contribution in [0.4, 0.5) is 0 Å². The Hall–Kier alpha value is -0.120. The molecule has 1 saturated carbocycles. The predicted molar refractivity (Wildman–Crippen MR) is 55.3 cm³/mol. The molecule has 0 aromatic rings. The fourth-order valence-electron chi connectivity index (χ4n) is 1.78. The van der Waals surface area contributed by atoms with Gasteiger partial charge in [0.05, 0.1) is 19.3 Å². The zero-order valence-corrected chi connectivity index (χ0v) is 9.08. The van der Waals surface area contributed by atoms with Crippen molar-refractivity contribution in [1.29, 1.82) is 0 Å². The highest BCUT2D eigenvalue weighted by Crippen LogP contribution is 2.20. The van der Waals surface area contributed by atoms with Gasteiger partial charge in [-0.15, -0.1) is 0 Å². The van der Waals surface area contributed by atoms with Crippen molar-refractivity contribution in [3.63, 3.8) is 0 Å². The van der Waals surface area contributed by atoms with Gasteiger partial charge in [-0.25, -0.2) is 0 Å². The first-order chi connectivity index (χ1) is 6.83. The van der Waals surface area contributed by atoms with Gasteiger partial charge in [0.1, 0.15) is 6.10 Å². The van der Waals surface area contributed by atoms with Gasteiger partial charge in [0.25, 0.3) is 0 Å². The van der Waals surface area contributed by atoms with E-state index < -0.39 is 6.10 Å². The van der Waals surface area contributed by atoms with Crippen LogP contribution >= 0.6 is 0 Å². The Morgan fingerprint density at radius 1 is 1.21 bits per heavy atom. The van der Waals surface area contributed by atoms with Crippen LogP contribution in [0.3, 0.4) is 0 Å². The van der Waals surface area contributed by atoms with Crippen LogP contribution in [0.1, 0.15) is 39.0 Å². The second kappa shape index (κ2) is 7.21. The van der Waals surface area contributed by atoms with Gasteiger partial charge >= 0.3 is 0 Å². The molecule has 0 bridgehead atoms. The Kier molecular flexibility index (Phi) is 6.15. The molecule has 1 rings (SSSR count). The van der Waals surface area contributed by atoms with Crippen molar-refractivity contribution in [2.75, 3.05) is 19.8 Å². The number of hydrogen-bond donors (Lipinski definition) is 1. The van der Waals surface area contributed by atoms with Crippen molar-refractivity contribution >= 4 is 0 Å². The molecule has 0 aromatic heterocycles. The van der Waals surface area contributed by atoms with Crippen LogP contribution in [0.5, 0.6) is 0 Å². The SMILES string of the molecule is CCOCC(O)COC1CCCCC1. The maximum atomic E-state index is 9.46. The van der Waals surface area contributed by atoms with E-state index in [1.54, 1.807) is 0 Å². The maximum Gasteiger partial charge on any atom is 0.101 e. The van der Waals surface area contributed by atoms with Crippen LogP contribution in [-0.4, -0.2) is 37.1 Å². The minimum absolute atomic E-state index is 0.375. The average Bonchev–Trinajstić information content (AvgIpc) is 2.25. The Morgan fingerprint density at radius 3 is 2.57 bits per heavy atom. The van der Waals surface area contributed by atoms with Crippen molar-refractivity contribution in [3.8, 4) is 0 Å². The molecule has 0 aromatic carbocycles. The van der Waals surface area contributed by atoms with Gasteiger partial charge in [0.2, 0.25) is 0 Å². The van der Waals surface area contributed by atoms with E-state index in [0.717, 1.165) is 12.8 Å². The molecule has 3 nitrogen and oxygen atoms in total. The molecule has 1 aliphatic rings. The summed E-state index contributed by atoms with van der Waals surface area (Å²) in [5.41, 5.74) is 0. The third kappa shape index (κ3) is 4.94. The first kappa shape index (κ1) is 12.0. The van der Waals surface area contributed by atoms with Gasteiger partial charge in [0.15, 0.2) is 0 Å². The van der Waals surface area contributed by atoms with Gasteiger partial charge in [-0.05, 0) is 19.8 Å². The molecule has 0 spiro atoms. The highest BCUT2D eigenvalue weighted by molar-refractivity contribution is 4.66. The van der Waals surface area contributed by atoms with Gasteiger partial charge in [-0.2, -0.15) is 0 Å². The van der Waals surface area contributed by atoms with Crippen molar-refractivity contribution in [2.45, 2.75) is 51.2 Å². The summed E-state index contributed by atoms with van der Waals surface area (Å²) in [5, 5.41) is 9.46. The van der Waals surface area contributed by atoms with Crippen LogP contribution in [0.25, 0.3) is 0 Å². The Bertz CT molecular complexity index is 132. The summed E-state index contributed by atoms with van der Waals surface area (Å²) in [5.74, 6) is 0. The second-order valence-corrected chi connectivity index (χ2v) is 3.91. The van der Waals surface area contributed by atoms with E-state index >= 15 is 0 Å². The summed E-state index contributed by atoms with van der Waals surface area (Å²) in [6.45, 7) is 3.39. The average molecular weight is 202 g/mol. The fourth-order valence-corrected chi connectivity index (χ4v) is 1.78. The number of aliphatic hydroxyl groups excluding tert-OH is 1. The number of ether oxygens (including phenoxy) is 2. The number of aliphatic hydroxyl groups is 1. The molecular weight excluding hydrogens is 180 g/mol. The lowest BCUT2D eigenvalue weighted by Crippen LogP contribution is -2.26. The smallest absolute Gasteiger partial charge is 0.101 e. The van der Waals surface area contributed by atoms with Gasteiger partial charge in [-0.3, -0.25) is 0 Å². The maximum absolute atomic E-state index is 9.46. The van der Waals surface area contributed by atoms with Crippen LogP contribution in [0.2, 0.25) is 0 Å². The molecule has 1 atom stereocenters. The monoisotopic (exact) mass is 202 g/mol. The van der Waals surface area contributed by atoms with E-state index in [0.29, 0.717) is 25.9 Å². The lowest BCUT2D eigenvalue weighted by Gasteiger charge is -2.23. The number of rotatable bonds is 6. The quantitative estimate of drug-likeness (QED) is 0.713. The zero-order chi connectivity index (χ0) is 10.2. The first-order valence-corrected chi connectivity index (χ1v) is 5.70. The van der Waals surface area contributed by atoms with Crippen molar-refractivity contribution in [3.05, 3.63) is 0 Å². The molecule has 3 heteroatoms. The summed E-state index contributed by atoms with van der Waals surface area (Å²) >= 11 is 0. The minimum atomic E-state index is -0.461. The molecule has 0 amide bonds. The van der Waals surface area contributed by atoms with Crippen molar-refractivity contribution in [2.24, 2.45) is 0 Å². The third-order valence-corrected chi connectivity index (χ3v) is 2.59. The minimum Gasteiger partial charge on any atom is -0.388 e. The predicted octanol–water partition coefficient (Wildman–Crippen LogP) is 1.73. The van der Waals surface area contributed by atoms with Gasteiger partial charge in [-0.1, -0.05) is 19.3 Å². The van der Waals surface area contributed by atoms with E-state index in [1.807, 2.05) is 6.92 Å². The van der Waals surface area contributed by atoms with E-state index in [2.05, 4.69) is 0 Å². The summed E-state index contributed by atoms with van der Waals surface area (Å²) in [6.07, 6.45) is 6.10. The Labute approximate surface area is 86.4 Å². The molecule has 1 fully saturated rings. The second-order valence-electron chi connectivity index (χ2n) is 3.91. The van der Waals surface area contributed by atoms with E-state index in [4.69, 9.17) is 9.47 Å². The molecule has 1 unspecified atom stereocenters. The van der Waals surface area contributed by atoms with Crippen LogP contribution in [0.15, 0.2) is 0 Å². The molecule has 84 valence electrons. The molecule has 0 aliphatic heterocycles. The van der Waals surface area contributed by atoms with Crippen LogP contribution in [-0.2, 0) is 9.47 Å². The highest BCUT2D eigenvalue weighted by atomic mass is 16.5. The lowest BCUT2D eigenvalue weighted by molar-refractivity contribution is -0.0513. The zero-order valence-electron chi connectivity index (χ0n) is 9.08. The topological polar surface area (TPSA) is 38.7 Å². The van der Waals surface area contributed by atoms with Crippen LogP contribution in [0, 0.1) is 0 Å². The molecule has 14 heavy (non-hydrogen) atoms. The van der Waals surface area contributed by atoms with Gasteiger partial charge < -0.3 is 14.6 Å². The highest BCUT2D eigenvalue weighted by Gasteiger charge is 2.15. The van der Waals surface area contributed by atoms with E-state index in [1.165, 1.54) is 19.3 Å². The van der Waals surface area contributed by atoms with Crippen molar-refractivity contribution < 1.29 is 14.6 Å². The molecule has 1 aliphatic carbocycles. The molecule has 0 heterocycles. The molecule has 1 N–H and O–H groups in total. The molecule has 0 radical (unpaired) electrons. The Morgan fingerprint density at radius 2 is 1.93 bits per heavy atom. The van der Waals surface area contributed by atoms with Gasteiger partial charge in [0, 0.05) is 6.61 Å².